The number of halogens is 1. The molecule has 17 heavy (non-hydrogen) atoms. The highest BCUT2D eigenvalue weighted by molar-refractivity contribution is 6.33. The van der Waals surface area contributed by atoms with Crippen molar-refractivity contribution in [1.29, 1.82) is 0 Å². The zero-order valence-electron chi connectivity index (χ0n) is 10.7. The lowest BCUT2D eigenvalue weighted by molar-refractivity contribution is 0.653. The van der Waals surface area contributed by atoms with Gasteiger partial charge in [-0.2, -0.15) is 0 Å². The van der Waals surface area contributed by atoms with E-state index in [9.17, 15) is 0 Å². The highest BCUT2D eigenvalue weighted by atomic mass is 35.5. The average Bonchev–Trinajstić information content (AvgIpc) is 2.82. The number of hydrogen-bond acceptors (Lipinski definition) is 2. The molecule has 0 bridgehead atoms. The lowest BCUT2D eigenvalue weighted by Gasteiger charge is -2.27. The average molecular weight is 253 g/mol. The molecule has 2 nitrogen and oxygen atoms in total. The van der Waals surface area contributed by atoms with Gasteiger partial charge in [-0.1, -0.05) is 30.5 Å². The zero-order valence-corrected chi connectivity index (χ0v) is 11.4. The van der Waals surface area contributed by atoms with E-state index in [1.54, 1.807) is 0 Å². The first-order valence-corrected chi connectivity index (χ1v) is 6.76. The van der Waals surface area contributed by atoms with Gasteiger partial charge in [-0.3, -0.25) is 0 Å². The van der Waals surface area contributed by atoms with Gasteiger partial charge in [0.1, 0.15) is 0 Å². The minimum Gasteiger partial charge on any atom is -0.370 e. The van der Waals surface area contributed by atoms with Crippen molar-refractivity contribution in [2.45, 2.75) is 38.3 Å². The van der Waals surface area contributed by atoms with E-state index in [0.717, 1.165) is 11.6 Å². The fourth-order valence-electron chi connectivity index (χ4n) is 2.64. The quantitative estimate of drug-likeness (QED) is 0.883. The Labute approximate surface area is 109 Å². The topological polar surface area (TPSA) is 15.3 Å². The van der Waals surface area contributed by atoms with Crippen molar-refractivity contribution in [2.24, 2.45) is 0 Å². The van der Waals surface area contributed by atoms with Gasteiger partial charge < -0.3 is 10.2 Å². The summed E-state index contributed by atoms with van der Waals surface area (Å²) in [6.07, 6.45) is 5.30. The second kappa shape index (κ2) is 5.74. The van der Waals surface area contributed by atoms with Gasteiger partial charge in [-0.05, 0) is 37.6 Å². The summed E-state index contributed by atoms with van der Waals surface area (Å²) in [5.41, 5.74) is 2.40. The summed E-state index contributed by atoms with van der Waals surface area (Å²) in [7, 11) is 4.11. The number of rotatable bonds is 4. The number of nitrogens with one attached hydrogen (secondary N) is 1. The van der Waals surface area contributed by atoms with Crippen molar-refractivity contribution in [3.8, 4) is 0 Å². The third-order valence-corrected chi connectivity index (χ3v) is 3.95. The molecular formula is C14H21ClN2. The Hall–Kier alpha value is -0.730. The molecule has 0 unspecified atom stereocenters. The molecular weight excluding hydrogens is 232 g/mol. The van der Waals surface area contributed by atoms with Crippen molar-refractivity contribution in [1.82, 2.24) is 5.32 Å². The highest BCUT2D eigenvalue weighted by Crippen LogP contribution is 2.32. The molecule has 1 aliphatic rings. The van der Waals surface area contributed by atoms with Crippen LogP contribution in [0.4, 0.5) is 5.69 Å². The van der Waals surface area contributed by atoms with E-state index in [4.69, 9.17) is 11.6 Å². The van der Waals surface area contributed by atoms with E-state index in [2.05, 4.69) is 35.5 Å². The monoisotopic (exact) mass is 252 g/mol. The summed E-state index contributed by atoms with van der Waals surface area (Å²) >= 11 is 6.37. The van der Waals surface area contributed by atoms with Crippen LogP contribution in [0.3, 0.4) is 0 Å². The molecule has 0 aliphatic heterocycles. The fourth-order valence-corrected chi connectivity index (χ4v) is 2.98. The molecule has 3 heteroatoms. The maximum absolute atomic E-state index is 6.37. The normalized spacial score (nSPS) is 16.4. The van der Waals surface area contributed by atoms with Gasteiger partial charge in [0.05, 0.1) is 10.7 Å². The number of nitrogens with zero attached hydrogens (tertiary/aromatic N) is 1. The zero-order chi connectivity index (χ0) is 12.3. The molecule has 0 radical (unpaired) electrons. The minimum absolute atomic E-state index is 0.669. The Morgan fingerprint density at radius 1 is 1.35 bits per heavy atom. The predicted molar refractivity (Wildman–Crippen MR) is 74.9 cm³/mol. The van der Waals surface area contributed by atoms with Crippen LogP contribution in [-0.4, -0.2) is 20.1 Å². The lowest BCUT2D eigenvalue weighted by Crippen LogP contribution is -2.29. The van der Waals surface area contributed by atoms with Crippen molar-refractivity contribution < 1.29 is 0 Å². The van der Waals surface area contributed by atoms with E-state index in [-0.39, 0.29) is 0 Å². The van der Waals surface area contributed by atoms with Gasteiger partial charge in [-0.25, -0.2) is 0 Å². The molecule has 0 heterocycles. The van der Waals surface area contributed by atoms with Crippen molar-refractivity contribution in [3.63, 3.8) is 0 Å². The third-order valence-electron chi connectivity index (χ3n) is 3.65. The standard InChI is InChI=1S/C14H21ClN2/c1-16-10-11-7-8-14(13(15)9-11)17(2)12-5-3-4-6-12/h7-9,12,16H,3-6,10H2,1-2H3. The number of anilines is 1. The maximum Gasteiger partial charge on any atom is 0.0642 e. The van der Waals surface area contributed by atoms with Gasteiger partial charge in [0.15, 0.2) is 0 Å². The Morgan fingerprint density at radius 2 is 2.06 bits per heavy atom. The summed E-state index contributed by atoms with van der Waals surface area (Å²) in [5.74, 6) is 0. The fraction of sp³-hybridized carbons (Fsp3) is 0.571. The van der Waals surface area contributed by atoms with Crippen LogP contribution < -0.4 is 10.2 Å². The smallest absolute Gasteiger partial charge is 0.0642 e. The van der Waals surface area contributed by atoms with Crippen LogP contribution >= 0.6 is 11.6 Å². The van der Waals surface area contributed by atoms with Crippen LogP contribution in [0.5, 0.6) is 0 Å². The third kappa shape index (κ3) is 2.93. The summed E-state index contributed by atoms with van der Waals surface area (Å²) in [4.78, 5) is 2.35. The first-order valence-electron chi connectivity index (χ1n) is 6.38. The van der Waals surface area contributed by atoms with Gasteiger partial charge in [0.2, 0.25) is 0 Å². The molecule has 1 aromatic carbocycles. The minimum atomic E-state index is 0.669. The molecule has 0 saturated heterocycles. The van der Waals surface area contributed by atoms with E-state index in [0.29, 0.717) is 6.04 Å². The molecule has 1 saturated carbocycles. The first kappa shape index (κ1) is 12.7. The molecule has 0 aromatic heterocycles. The highest BCUT2D eigenvalue weighted by Gasteiger charge is 2.21. The summed E-state index contributed by atoms with van der Waals surface area (Å²) in [6.45, 7) is 0.868. The van der Waals surface area contributed by atoms with Gasteiger partial charge in [-0.15, -0.1) is 0 Å². The molecule has 1 aromatic rings. The van der Waals surface area contributed by atoms with Crippen molar-refractivity contribution in [2.75, 3.05) is 19.0 Å². The van der Waals surface area contributed by atoms with Crippen LogP contribution in [0, 0.1) is 0 Å². The van der Waals surface area contributed by atoms with Crippen LogP contribution in [0.1, 0.15) is 31.2 Å². The summed E-state index contributed by atoms with van der Waals surface area (Å²) in [6, 6.07) is 7.04. The van der Waals surface area contributed by atoms with Crippen LogP contribution in [0.15, 0.2) is 18.2 Å². The Balaban J connectivity index is 2.14. The van der Waals surface area contributed by atoms with Crippen molar-refractivity contribution in [3.05, 3.63) is 28.8 Å². The maximum atomic E-state index is 6.37. The Bertz CT molecular complexity index is 372. The van der Waals surface area contributed by atoms with Gasteiger partial charge in [0.25, 0.3) is 0 Å². The Kier molecular flexibility index (Phi) is 4.30. The Morgan fingerprint density at radius 3 is 2.65 bits per heavy atom. The van der Waals surface area contributed by atoms with Gasteiger partial charge in [0, 0.05) is 19.6 Å². The van der Waals surface area contributed by atoms with Crippen molar-refractivity contribution >= 4 is 17.3 Å². The van der Waals surface area contributed by atoms with Crippen LogP contribution in [-0.2, 0) is 6.54 Å². The summed E-state index contributed by atoms with van der Waals surface area (Å²) in [5, 5.41) is 4.01. The number of benzene rings is 1. The lowest BCUT2D eigenvalue weighted by atomic mass is 10.1. The number of hydrogen-bond donors (Lipinski definition) is 1. The van der Waals surface area contributed by atoms with Crippen LogP contribution in [0.2, 0.25) is 5.02 Å². The predicted octanol–water partition coefficient (Wildman–Crippen LogP) is 3.44. The molecule has 2 rings (SSSR count). The van der Waals surface area contributed by atoms with E-state index >= 15 is 0 Å². The summed E-state index contributed by atoms with van der Waals surface area (Å²) < 4.78 is 0. The molecule has 1 fully saturated rings. The SMILES string of the molecule is CNCc1ccc(N(C)C2CCCC2)c(Cl)c1. The first-order chi connectivity index (χ1) is 8.22. The second-order valence-electron chi connectivity index (χ2n) is 4.87. The molecule has 1 aliphatic carbocycles. The largest absolute Gasteiger partial charge is 0.370 e. The van der Waals surface area contributed by atoms with E-state index < -0.39 is 0 Å². The second-order valence-corrected chi connectivity index (χ2v) is 5.27. The van der Waals surface area contributed by atoms with E-state index in [1.165, 1.54) is 36.9 Å². The van der Waals surface area contributed by atoms with E-state index in [1.807, 2.05) is 7.05 Å². The molecule has 0 atom stereocenters. The molecule has 0 amide bonds. The van der Waals surface area contributed by atoms with Gasteiger partial charge >= 0.3 is 0 Å². The molecule has 1 N–H and O–H groups in total. The molecule has 0 spiro atoms. The van der Waals surface area contributed by atoms with Crippen LogP contribution in [0.25, 0.3) is 0 Å². The molecule has 94 valence electrons.